The summed E-state index contributed by atoms with van der Waals surface area (Å²) >= 11 is 0. The van der Waals surface area contributed by atoms with Gasteiger partial charge in [-0.1, -0.05) is 32.6 Å². The fraction of sp³-hybridized carbons (Fsp3) is 0.611. The number of carbonyl (C=O) groups is 2. The van der Waals surface area contributed by atoms with E-state index < -0.39 is 5.91 Å². The number of nitrogens with zero attached hydrogens (tertiary/aromatic N) is 1. The molecule has 2 heterocycles. The zero-order chi connectivity index (χ0) is 16.4. The number of pyridine rings is 1. The van der Waals surface area contributed by atoms with Crippen molar-refractivity contribution in [3.05, 3.63) is 33.2 Å². The first-order chi connectivity index (χ1) is 11.1. The molecule has 0 atom stereocenters. The monoisotopic (exact) mass is 316 g/mol. The molecule has 1 aliphatic carbocycles. The SMILES string of the molecule is CCCCCn1c(CCC2CC2)cc(=O)c2c1CC(=O)NC2=O. The van der Waals surface area contributed by atoms with Crippen LogP contribution in [0.1, 0.15) is 67.2 Å². The van der Waals surface area contributed by atoms with E-state index in [1.165, 1.54) is 12.8 Å². The molecule has 1 N–H and O–H groups in total. The lowest BCUT2D eigenvalue weighted by Crippen LogP contribution is -2.43. The van der Waals surface area contributed by atoms with Gasteiger partial charge in [0.05, 0.1) is 6.42 Å². The zero-order valence-corrected chi connectivity index (χ0v) is 13.7. The molecule has 1 aliphatic heterocycles. The van der Waals surface area contributed by atoms with Gasteiger partial charge in [-0.2, -0.15) is 0 Å². The molecular weight excluding hydrogens is 292 g/mol. The molecule has 23 heavy (non-hydrogen) atoms. The third-order valence-corrected chi connectivity index (χ3v) is 4.80. The second-order valence-corrected chi connectivity index (χ2v) is 6.72. The summed E-state index contributed by atoms with van der Waals surface area (Å²) in [6.07, 6.45) is 7.85. The zero-order valence-electron chi connectivity index (χ0n) is 13.7. The van der Waals surface area contributed by atoms with Crippen molar-refractivity contribution in [2.45, 2.75) is 64.8 Å². The predicted octanol–water partition coefficient (Wildman–Crippen LogP) is 2.19. The molecule has 1 fully saturated rings. The quantitative estimate of drug-likeness (QED) is 0.619. The molecule has 5 nitrogen and oxygen atoms in total. The lowest BCUT2D eigenvalue weighted by atomic mass is 10.0. The lowest BCUT2D eigenvalue weighted by molar-refractivity contribution is -0.119. The van der Waals surface area contributed by atoms with Crippen molar-refractivity contribution in [1.82, 2.24) is 9.88 Å². The number of hydrogen-bond donors (Lipinski definition) is 1. The normalized spacial score (nSPS) is 17.1. The van der Waals surface area contributed by atoms with E-state index in [4.69, 9.17) is 0 Å². The highest BCUT2D eigenvalue weighted by molar-refractivity contribution is 6.09. The van der Waals surface area contributed by atoms with E-state index in [-0.39, 0.29) is 23.3 Å². The second-order valence-electron chi connectivity index (χ2n) is 6.72. The summed E-state index contributed by atoms with van der Waals surface area (Å²) in [6.45, 7) is 2.92. The molecule has 0 spiro atoms. The van der Waals surface area contributed by atoms with Gasteiger partial charge < -0.3 is 4.57 Å². The first kappa shape index (κ1) is 16.0. The van der Waals surface area contributed by atoms with Crippen molar-refractivity contribution in [1.29, 1.82) is 0 Å². The van der Waals surface area contributed by atoms with Gasteiger partial charge in [-0.05, 0) is 25.2 Å². The van der Waals surface area contributed by atoms with E-state index in [9.17, 15) is 14.4 Å². The highest BCUT2D eigenvalue weighted by Crippen LogP contribution is 2.33. The number of amides is 2. The van der Waals surface area contributed by atoms with E-state index >= 15 is 0 Å². The van der Waals surface area contributed by atoms with Crippen LogP contribution >= 0.6 is 0 Å². The van der Waals surface area contributed by atoms with Crippen LogP contribution in [-0.4, -0.2) is 16.4 Å². The van der Waals surface area contributed by atoms with Gasteiger partial charge in [0.25, 0.3) is 5.91 Å². The standard InChI is InChI=1S/C18H24N2O3/c1-2-3-4-9-20-13(8-7-12-5-6-12)10-15(21)17-14(20)11-16(22)19-18(17)23/h10,12H,2-9,11H2,1H3,(H,19,22,23). The Morgan fingerprint density at radius 3 is 2.70 bits per heavy atom. The largest absolute Gasteiger partial charge is 0.347 e. The number of fused-ring (bicyclic) bond motifs is 1. The van der Waals surface area contributed by atoms with E-state index in [1.807, 2.05) is 0 Å². The molecule has 3 rings (SSSR count). The Balaban J connectivity index is 1.98. The molecule has 1 saturated carbocycles. The number of unbranched alkanes of at least 4 members (excludes halogenated alkanes) is 2. The number of imide groups is 1. The highest BCUT2D eigenvalue weighted by Gasteiger charge is 2.29. The second kappa shape index (κ2) is 6.69. The van der Waals surface area contributed by atoms with Crippen molar-refractivity contribution < 1.29 is 9.59 Å². The first-order valence-electron chi connectivity index (χ1n) is 8.70. The molecule has 2 aliphatic rings. The Hall–Kier alpha value is -1.91. The van der Waals surface area contributed by atoms with Gasteiger partial charge in [0.2, 0.25) is 5.91 Å². The van der Waals surface area contributed by atoms with Gasteiger partial charge in [-0.3, -0.25) is 19.7 Å². The number of aryl methyl sites for hydroxylation is 1. The summed E-state index contributed by atoms with van der Waals surface area (Å²) in [5.74, 6) is -0.0696. The summed E-state index contributed by atoms with van der Waals surface area (Å²) in [5, 5.41) is 2.26. The number of carbonyl (C=O) groups excluding carboxylic acids is 2. The van der Waals surface area contributed by atoms with E-state index in [0.29, 0.717) is 5.69 Å². The van der Waals surface area contributed by atoms with E-state index in [0.717, 1.165) is 50.3 Å². The molecule has 1 aromatic rings. The summed E-state index contributed by atoms with van der Waals surface area (Å²) < 4.78 is 2.07. The van der Waals surface area contributed by atoms with Crippen molar-refractivity contribution in [2.75, 3.05) is 0 Å². The van der Waals surface area contributed by atoms with Gasteiger partial charge in [0.1, 0.15) is 5.56 Å². The van der Waals surface area contributed by atoms with Crippen LogP contribution in [0.4, 0.5) is 0 Å². The molecule has 0 aromatic carbocycles. The van der Waals surface area contributed by atoms with E-state index in [2.05, 4.69) is 16.8 Å². The minimum atomic E-state index is -0.542. The van der Waals surface area contributed by atoms with Gasteiger partial charge in [-0.25, -0.2) is 0 Å². The Bertz CT molecular complexity index is 686. The highest BCUT2D eigenvalue weighted by atomic mass is 16.2. The maximum Gasteiger partial charge on any atom is 0.263 e. The minimum absolute atomic E-state index is 0.125. The Labute approximate surface area is 136 Å². The van der Waals surface area contributed by atoms with Crippen molar-refractivity contribution in [2.24, 2.45) is 5.92 Å². The van der Waals surface area contributed by atoms with Gasteiger partial charge in [-0.15, -0.1) is 0 Å². The van der Waals surface area contributed by atoms with Crippen LogP contribution in [0, 0.1) is 5.92 Å². The van der Waals surface area contributed by atoms with Crippen LogP contribution in [0.3, 0.4) is 0 Å². The van der Waals surface area contributed by atoms with E-state index in [1.54, 1.807) is 6.07 Å². The Morgan fingerprint density at radius 1 is 1.22 bits per heavy atom. The molecule has 1 aromatic heterocycles. The van der Waals surface area contributed by atoms with Crippen LogP contribution in [0.2, 0.25) is 0 Å². The maximum atomic E-state index is 12.4. The number of nitrogens with one attached hydrogen (secondary N) is 1. The van der Waals surface area contributed by atoms with Crippen molar-refractivity contribution >= 4 is 11.8 Å². The fourth-order valence-corrected chi connectivity index (χ4v) is 3.33. The number of rotatable bonds is 7. The third-order valence-electron chi connectivity index (χ3n) is 4.80. The number of aromatic nitrogens is 1. The molecule has 0 radical (unpaired) electrons. The molecule has 0 bridgehead atoms. The summed E-state index contributed by atoms with van der Waals surface area (Å²) in [4.78, 5) is 36.2. The van der Waals surface area contributed by atoms with Crippen molar-refractivity contribution in [3.8, 4) is 0 Å². The first-order valence-corrected chi connectivity index (χ1v) is 8.70. The lowest BCUT2D eigenvalue weighted by Gasteiger charge is -2.24. The average molecular weight is 316 g/mol. The van der Waals surface area contributed by atoms with Crippen LogP contribution in [0.25, 0.3) is 0 Å². The van der Waals surface area contributed by atoms with Crippen molar-refractivity contribution in [3.63, 3.8) is 0 Å². The van der Waals surface area contributed by atoms with Gasteiger partial charge in [0, 0.05) is 24.0 Å². The summed E-state index contributed by atoms with van der Waals surface area (Å²) in [7, 11) is 0. The molecule has 124 valence electrons. The molecule has 0 saturated heterocycles. The average Bonchev–Trinajstić information content (AvgIpc) is 3.31. The van der Waals surface area contributed by atoms with Crippen LogP contribution in [0.5, 0.6) is 0 Å². The molecular formula is C18H24N2O3. The van der Waals surface area contributed by atoms with Crippen LogP contribution < -0.4 is 10.7 Å². The molecule has 5 heteroatoms. The summed E-state index contributed by atoms with van der Waals surface area (Å²) in [6, 6.07) is 1.61. The summed E-state index contributed by atoms with van der Waals surface area (Å²) in [5.41, 5.74) is 1.52. The maximum absolute atomic E-state index is 12.4. The van der Waals surface area contributed by atoms with Crippen LogP contribution in [0.15, 0.2) is 10.9 Å². The fourth-order valence-electron chi connectivity index (χ4n) is 3.33. The van der Waals surface area contributed by atoms with Gasteiger partial charge in [0.15, 0.2) is 5.43 Å². The topological polar surface area (TPSA) is 68.2 Å². The number of hydrogen-bond acceptors (Lipinski definition) is 3. The van der Waals surface area contributed by atoms with Crippen LogP contribution in [-0.2, 0) is 24.2 Å². The smallest absolute Gasteiger partial charge is 0.263 e. The minimum Gasteiger partial charge on any atom is -0.347 e. The Kier molecular flexibility index (Phi) is 4.64. The molecule has 0 unspecified atom stereocenters. The molecule has 2 amide bonds. The van der Waals surface area contributed by atoms with Gasteiger partial charge >= 0.3 is 0 Å². The third kappa shape index (κ3) is 3.54. The predicted molar refractivity (Wildman–Crippen MR) is 87.4 cm³/mol. The Morgan fingerprint density at radius 2 is 2.00 bits per heavy atom.